The van der Waals surface area contributed by atoms with Gasteiger partial charge in [0, 0.05) is 0 Å². The lowest BCUT2D eigenvalue weighted by molar-refractivity contribution is 0.100. The molecule has 0 atom stereocenters. The van der Waals surface area contributed by atoms with Crippen LogP contribution in [0.2, 0.25) is 15.1 Å². The molecular weight excluding hydrogens is 381 g/mol. The van der Waals surface area contributed by atoms with Crippen LogP contribution in [-0.4, -0.2) is 25.9 Å². The molecule has 6 nitrogen and oxygen atoms in total. The van der Waals surface area contributed by atoms with Crippen LogP contribution in [0.4, 0.5) is 0 Å². The lowest BCUT2D eigenvalue weighted by atomic mass is 10.2. The zero-order chi connectivity index (χ0) is 16.6. The van der Waals surface area contributed by atoms with Crippen LogP contribution in [-0.2, 0) is 6.54 Å². The minimum Gasteiger partial charge on any atom is -0.365 e. The lowest BCUT2D eigenvalue weighted by Gasteiger charge is -2.05. The number of rotatable bonds is 4. The molecule has 10 heteroatoms. The largest absolute Gasteiger partial charge is 0.365 e. The Bertz CT molecular complexity index is 868. The topological polar surface area (TPSA) is 86.7 Å². The molecule has 118 valence electrons. The molecule has 0 fully saturated rings. The molecule has 1 aromatic carbocycles. The minimum atomic E-state index is -0.522. The third kappa shape index (κ3) is 3.48. The van der Waals surface area contributed by atoms with Crippen molar-refractivity contribution < 1.29 is 4.79 Å². The van der Waals surface area contributed by atoms with Crippen molar-refractivity contribution in [1.29, 1.82) is 0 Å². The summed E-state index contributed by atoms with van der Waals surface area (Å²) in [7, 11) is 0. The van der Waals surface area contributed by atoms with Gasteiger partial charge in [-0.25, -0.2) is 9.67 Å². The van der Waals surface area contributed by atoms with Gasteiger partial charge in [0.15, 0.2) is 0 Å². The number of amides is 1. The van der Waals surface area contributed by atoms with Crippen LogP contribution in [0.15, 0.2) is 24.5 Å². The third-order valence-electron chi connectivity index (χ3n) is 2.89. The highest BCUT2D eigenvalue weighted by atomic mass is 35.5. The second-order valence-corrected chi connectivity index (χ2v) is 6.79. The quantitative estimate of drug-likeness (QED) is 0.693. The van der Waals surface area contributed by atoms with Crippen LogP contribution in [0.3, 0.4) is 0 Å². The zero-order valence-corrected chi connectivity index (χ0v) is 14.4. The summed E-state index contributed by atoms with van der Waals surface area (Å²) in [4.78, 5) is 15.6. The number of hydrogen-bond acceptors (Lipinski definition) is 5. The smallest absolute Gasteiger partial charge is 0.260 e. The standard InChI is InChI=1S/C13H8Cl3N5OS/c14-7-1-6(2-8(15)11(7)16)4-21-5-9(19-20-21)13-18-3-10(23-13)12(17)22/h1-3,5H,4H2,(H2,17,22). The minimum absolute atomic E-state index is 0.318. The SMILES string of the molecule is NC(=O)c1cnc(-c2cn(Cc3cc(Cl)c(Cl)c(Cl)c3)nn2)s1. The number of nitrogens with zero attached hydrogens (tertiary/aromatic N) is 4. The average molecular weight is 389 g/mol. The van der Waals surface area contributed by atoms with E-state index < -0.39 is 5.91 Å². The molecular formula is C13H8Cl3N5OS. The molecule has 2 heterocycles. The predicted octanol–water partition coefficient (Wildman–Crippen LogP) is 3.51. The summed E-state index contributed by atoms with van der Waals surface area (Å²) in [6.45, 7) is 0.414. The van der Waals surface area contributed by atoms with Crippen molar-refractivity contribution in [3.8, 4) is 10.7 Å². The number of primary amides is 1. The Morgan fingerprint density at radius 3 is 2.57 bits per heavy atom. The molecule has 1 amide bonds. The first-order chi connectivity index (χ1) is 10.9. The van der Waals surface area contributed by atoms with E-state index in [2.05, 4.69) is 15.3 Å². The predicted molar refractivity (Wildman–Crippen MR) is 90.2 cm³/mol. The molecule has 2 N–H and O–H groups in total. The normalized spacial score (nSPS) is 10.9. The second-order valence-electron chi connectivity index (χ2n) is 4.57. The molecule has 0 saturated carbocycles. The molecule has 0 aliphatic heterocycles. The van der Waals surface area contributed by atoms with Gasteiger partial charge in [-0.15, -0.1) is 16.4 Å². The summed E-state index contributed by atoms with van der Waals surface area (Å²) >= 11 is 19.1. The first kappa shape index (κ1) is 16.2. The van der Waals surface area contributed by atoms with Crippen molar-refractivity contribution in [3.05, 3.63) is 50.0 Å². The van der Waals surface area contributed by atoms with E-state index in [1.807, 2.05) is 0 Å². The maximum Gasteiger partial charge on any atom is 0.260 e. The van der Waals surface area contributed by atoms with Crippen molar-refractivity contribution in [2.45, 2.75) is 6.54 Å². The van der Waals surface area contributed by atoms with Gasteiger partial charge in [0.05, 0.1) is 34.0 Å². The van der Waals surface area contributed by atoms with Crippen molar-refractivity contribution in [2.75, 3.05) is 0 Å². The fourth-order valence-corrected chi connectivity index (χ4v) is 3.23. The van der Waals surface area contributed by atoms with E-state index in [9.17, 15) is 4.79 Å². The number of thiazole rings is 1. The van der Waals surface area contributed by atoms with Gasteiger partial charge in [-0.2, -0.15) is 0 Å². The monoisotopic (exact) mass is 387 g/mol. The van der Waals surface area contributed by atoms with Crippen LogP contribution < -0.4 is 5.73 Å². The second kappa shape index (κ2) is 6.45. The Morgan fingerprint density at radius 1 is 1.26 bits per heavy atom. The highest BCUT2D eigenvalue weighted by molar-refractivity contribution is 7.16. The van der Waals surface area contributed by atoms with E-state index in [1.165, 1.54) is 6.20 Å². The van der Waals surface area contributed by atoms with E-state index in [0.29, 0.717) is 37.2 Å². The highest BCUT2D eigenvalue weighted by Gasteiger charge is 2.12. The van der Waals surface area contributed by atoms with Gasteiger partial charge >= 0.3 is 0 Å². The van der Waals surface area contributed by atoms with E-state index in [-0.39, 0.29) is 0 Å². The molecule has 3 rings (SSSR count). The molecule has 0 aliphatic rings. The summed E-state index contributed by atoms with van der Waals surface area (Å²) in [5.74, 6) is -0.522. The Kier molecular flexibility index (Phi) is 4.54. The lowest BCUT2D eigenvalue weighted by Crippen LogP contribution is -2.08. The summed E-state index contributed by atoms with van der Waals surface area (Å²) in [6.07, 6.45) is 3.13. The van der Waals surface area contributed by atoms with Gasteiger partial charge in [-0.05, 0) is 17.7 Å². The molecule has 0 radical (unpaired) electrons. The van der Waals surface area contributed by atoms with Gasteiger partial charge in [-0.3, -0.25) is 4.79 Å². The van der Waals surface area contributed by atoms with Gasteiger partial charge in [0.2, 0.25) is 0 Å². The number of halogens is 3. The molecule has 23 heavy (non-hydrogen) atoms. The number of nitrogens with two attached hydrogens (primary N) is 1. The maximum atomic E-state index is 11.1. The van der Waals surface area contributed by atoms with Crippen molar-refractivity contribution in [3.63, 3.8) is 0 Å². The van der Waals surface area contributed by atoms with Gasteiger partial charge in [0.1, 0.15) is 15.6 Å². The Hall–Kier alpha value is -1.67. The van der Waals surface area contributed by atoms with E-state index in [1.54, 1.807) is 23.0 Å². The van der Waals surface area contributed by atoms with E-state index in [4.69, 9.17) is 40.5 Å². The van der Waals surface area contributed by atoms with E-state index >= 15 is 0 Å². The number of benzene rings is 1. The summed E-state index contributed by atoms with van der Waals surface area (Å²) in [5, 5.41) is 9.69. The van der Waals surface area contributed by atoms with E-state index in [0.717, 1.165) is 16.9 Å². The molecule has 0 bridgehead atoms. The maximum absolute atomic E-state index is 11.1. The van der Waals surface area contributed by atoms with Gasteiger partial charge < -0.3 is 5.73 Å². The number of hydrogen-bond donors (Lipinski definition) is 1. The summed E-state index contributed by atoms with van der Waals surface area (Å²) in [5.41, 5.74) is 6.59. The van der Waals surface area contributed by atoms with Crippen LogP contribution in [0, 0.1) is 0 Å². The fraction of sp³-hybridized carbons (Fsp3) is 0.0769. The first-order valence-electron chi connectivity index (χ1n) is 6.23. The number of carbonyl (C=O) groups is 1. The summed E-state index contributed by atoms with van der Waals surface area (Å²) < 4.78 is 1.61. The zero-order valence-electron chi connectivity index (χ0n) is 11.3. The Morgan fingerprint density at radius 2 is 1.96 bits per heavy atom. The Labute approximate surface area is 149 Å². The van der Waals surface area contributed by atoms with Crippen molar-refractivity contribution in [1.82, 2.24) is 20.0 Å². The van der Waals surface area contributed by atoms with Gasteiger partial charge in [0.25, 0.3) is 5.91 Å². The van der Waals surface area contributed by atoms with Crippen LogP contribution >= 0.6 is 46.1 Å². The van der Waals surface area contributed by atoms with Crippen molar-refractivity contribution in [2.24, 2.45) is 5.73 Å². The molecule has 0 unspecified atom stereocenters. The van der Waals surface area contributed by atoms with Gasteiger partial charge in [-0.1, -0.05) is 40.0 Å². The van der Waals surface area contributed by atoms with Crippen molar-refractivity contribution >= 4 is 52.0 Å². The van der Waals surface area contributed by atoms with Crippen LogP contribution in [0.25, 0.3) is 10.7 Å². The molecule has 0 saturated heterocycles. The third-order valence-corrected chi connectivity index (χ3v) is 5.13. The van der Waals surface area contributed by atoms with Crippen LogP contribution in [0.5, 0.6) is 0 Å². The highest BCUT2D eigenvalue weighted by Crippen LogP contribution is 2.31. The molecule has 2 aromatic heterocycles. The molecule has 0 spiro atoms. The Balaban J connectivity index is 1.83. The average Bonchev–Trinajstić information content (AvgIpc) is 3.13. The first-order valence-corrected chi connectivity index (χ1v) is 8.18. The number of aromatic nitrogens is 4. The molecule has 0 aliphatic carbocycles. The van der Waals surface area contributed by atoms with Crippen LogP contribution in [0.1, 0.15) is 15.2 Å². The fourth-order valence-electron chi connectivity index (χ4n) is 1.87. The summed E-state index contributed by atoms with van der Waals surface area (Å²) in [6, 6.07) is 3.43. The number of carbonyl (C=O) groups excluding carboxylic acids is 1. The molecule has 3 aromatic rings.